The zero-order chi connectivity index (χ0) is 19.0. The number of thiophene rings is 1. The molecule has 7 heteroatoms. The molecule has 0 aliphatic carbocycles. The van der Waals surface area contributed by atoms with Crippen LogP contribution < -0.4 is 0 Å². The zero-order valence-electron chi connectivity index (χ0n) is 16.2. The number of fused-ring (bicyclic) bond motifs is 1. The van der Waals surface area contributed by atoms with Crippen LogP contribution in [0.15, 0.2) is 6.07 Å². The van der Waals surface area contributed by atoms with Gasteiger partial charge in [-0.15, -0.1) is 11.3 Å². The molecule has 0 saturated carbocycles. The Morgan fingerprint density at radius 3 is 2.33 bits per heavy atom. The maximum atomic E-state index is 12.9. The summed E-state index contributed by atoms with van der Waals surface area (Å²) in [7, 11) is 1.92. The molecule has 0 spiro atoms. The summed E-state index contributed by atoms with van der Waals surface area (Å²) in [5.74, 6) is 0.491. The standard InChI is InChI=1S/C20H28N4O2S/c1-14-16-13-17(27-20(16)22(2)21-14)19(26)24-11-7-15(8-12-24)18(25)23-9-5-3-4-6-10-23/h13,15H,3-12H2,1-2H3. The Morgan fingerprint density at radius 1 is 1.04 bits per heavy atom. The van der Waals surface area contributed by atoms with Crippen molar-refractivity contribution in [2.45, 2.75) is 45.4 Å². The maximum absolute atomic E-state index is 12.9. The normalized spacial score (nSPS) is 19.5. The van der Waals surface area contributed by atoms with E-state index < -0.39 is 0 Å². The lowest BCUT2D eigenvalue weighted by molar-refractivity contribution is -0.136. The van der Waals surface area contributed by atoms with Crippen LogP contribution in [0, 0.1) is 12.8 Å². The topological polar surface area (TPSA) is 58.4 Å². The molecule has 0 radical (unpaired) electrons. The van der Waals surface area contributed by atoms with Crippen LogP contribution in [-0.2, 0) is 11.8 Å². The Kier molecular flexibility index (Phi) is 5.21. The van der Waals surface area contributed by atoms with Gasteiger partial charge in [0.05, 0.1) is 10.6 Å². The molecule has 27 heavy (non-hydrogen) atoms. The molecule has 2 aliphatic heterocycles. The molecule has 4 rings (SSSR count). The molecule has 2 amide bonds. The highest BCUT2D eigenvalue weighted by atomic mass is 32.1. The van der Waals surface area contributed by atoms with E-state index in [2.05, 4.69) is 10.00 Å². The van der Waals surface area contributed by atoms with Gasteiger partial charge in [-0.25, -0.2) is 0 Å². The van der Waals surface area contributed by atoms with E-state index in [0.717, 1.165) is 59.6 Å². The third-order valence-electron chi connectivity index (χ3n) is 5.96. The monoisotopic (exact) mass is 388 g/mol. The van der Waals surface area contributed by atoms with Gasteiger partial charge in [0.15, 0.2) is 0 Å². The molecule has 2 aliphatic rings. The van der Waals surface area contributed by atoms with E-state index in [-0.39, 0.29) is 11.8 Å². The van der Waals surface area contributed by atoms with Crippen molar-refractivity contribution in [2.75, 3.05) is 26.2 Å². The number of nitrogens with zero attached hydrogens (tertiary/aromatic N) is 4. The number of aryl methyl sites for hydroxylation is 2. The number of hydrogen-bond donors (Lipinski definition) is 0. The van der Waals surface area contributed by atoms with Crippen LogP contribution in [0.25, 0.3) is 10.2 Å². The van der Waals surface area contributed by atoms with E-state index >= 15 is 0 Å². The lowest BCUT2D eigenvalue weighted by Gasteiger charge is -2.33. The second-order valence-electron chi connectivity index (χ2n) is 7.84. The third kappa shape index (κ3) is 3.61. The van der Waals surface area contributed by atoms with Gasteiger partial charge in [-0.05, 0) is 38.7 Å². The number of aromatic nitrogens is 2. The van der Waals surface area contributed by atoms with E-state index in [1.807, 2.05) is 29.6 Å². The average molecular weight is 389 g/mol. The van der Waals surface area contributed by atoms with Crippen LogP contribution in [-0.4, -0.2) is 57.6 Å². The Morgan fingerprint density at radius 2 is 1.70 bits per heavy atom. The number of likely N-dealkylation sites (tertiary alicyclic amines) is 2. The first-order valence-electron chi connectivity index (χ1n) is 10.1. The van der Waals surface area contributed by atoms with E-state index in [0.29, 0.717) is 19.0 Å². The smallest absolute Gasteiger partial charge is 0.264 e. The summed E-state index contributed by atoms with van der Waals surface area (Å²) in [6.45, 7) is 5.15. The van der Waals surface area contributed by atoms with Crippen molar-refractivity contribution >= 4 is 33.4 Å². The molecule has 0 bridgehead atoms. The SMILES string of the molecule is Cc1nn(C)c2sc(C(=O)N3CCC(C(=O)N4CCCCCC4)CC3)cc12. The van der Waals surface area contributed by atoms with Crippen molar-refractivity contribution < 1.29 is 9.59 Å². The van der Waals surface area contributed by atoms with Gasteiger partial charge in [0.2, 0.25) is 5.91 Å². The molecule has 6 nitrogen and oxygen atoms in total. The minimum atomic E-state index is 0.0843. The molecular weight excluding hydrogens is 360 g/mol. The first-order chi connectivity index (χ1) is 13.0. The maximum Gasteiger partial charge on any atom is 0.264 e. The highest BCUT2D eigenvalue weighted by Crippen LogP contribution is 2.30. The molecule has 0 aromatic carbocycles. The quantitative estimate of drug-likeness (QED) is 0.794. The molecule has 0 atom stereocenters. The van der Waals surface area contributed by atoms with E-state index in [4.69, 9.17) is 0 Å². The van der Waals surface area contributed by atoms with Crippen LogP contribution in [0.3, 0.4) is 0 Å². The minimum Gasteiger partial charge on any atom is -0.342 e. The predicted octanol–water partition coefficient (Wildman–Crippen LogP) is 3.20. The molecule has 2 saturated heterocycles. The van der Waals surface area contributed by atoms with Gasteiger partial charge in [0, 0.05) is 44.5 Å². The number of rotatable bonds is 2. The summed E-state index contributed by atoms with van der Waals surface area (Å²) in [5.41, 5.74) is 0.963. The Hall–Kier alpha value is -1.89. The summed E-state index contributed by atoms with van der Waals surface area (Å²) in [5, 5.41) is 5.47. The third-order valence-corrected chi connectivity index (χ3v) is 7.15. The van der Waals surface area contributed by atoms with Gasteiger partial charge >= 0.3 is 0 Å². The number of amides is 2. The van der Waals surface area contributed by atoms with Crippen molar-refractivity contribution in [2.24, 2.45) is 13.0 Å². The van der Waals surface area contributed by atoms with Crippen molar-refractivity contribution in [1.82, 2.24) is 19.6 Å². The van der Waals surface area contributed by atoms with Crippen molar-refractivity contribution in [3.05, 3.63) is 16.6 Å². The summed E-state index contributed by atoms with van der Waals surface area (Å²) in [4.78, 5) is 31.6. The number of piperidine rings is 1. The highest BCUT2D eigenvalue weighted by Gasteiger charge is 2.31. The first kappa shape index (κ1) is 18.5. The molecule has 4 heterocycles. The molecule has 2 aromatic rings. The summed E-state index contributed by atoms with van der Waals surface area (Å²) >= 11 is 1.51. The average Bonchev–Trinajstić information content (AvgIpc) is 3.10. The Labute approximate surface area is 164 Å². The van der Waals surface area contributed by atoms with Crippen LogP contribution in [0.4, 0.5) is 0 Å². The molecular formula is C20H28N4O2S. The fraction of sp³-hybridized carbons (Fsp3) is 0.650. The summed E-state index contributed by atoms with van der Waals surface area (Å²) in [6.07, 6.45) is 6.30. The molecule has 2 aromatic heterocycles. The minimum absolute atomic E-state index is 0.0843. The van der Waals surface area contributed by atoms with Crippen molar-refractivity contribution in [1.29, 1.82) is 0 Å². The largest absolute Gasteiger partial charge is 0.342 e. The number of hydrogen-bond acceptors (Lipinski definition) is 4. The van der Waals surface area contributed by atoms with Crippen LogP contribution >= 0.6 is 11.3 Å². The van der Waals surface area contributed by atoms with E-state index in [9.17, 15) is 9.59 Å². The van der Waals surface area contributed by atoms with Crippen molar-refractivity contribution in [3.63, 3.8) is 0 Å². The second kappa shape index (κ2) is 7.62. The zero-order valence-corrected chi connectivity index (χ0v) is 17.1. The molecule has 146 valence electrons. The van der Waals surface area contributed by atoms with Gasteiger partial charge < -0.3 is 9.80 Å². The van der Waals surface area contributed by atoms with Gasteiger partial charge in [0.1, 0.15) is 4.83 Å². The van der Waals surface area contributed by atoms with Crippen LogP contribution in [0.5, 0.6) is 0 Å². The predicted molar refractivity (Wildman–Crippen MR) is 107 cm³/mol. The summed E-state index contributed by atoms with van der Waals surface area (Å²) < 4.78 is 1.85. The lowest BCUT2D eigenvalue weighted by Crippen LogP contribution is -2.44. The van der Waals surface area contributed by atoms with Crippen molar-refractivity contribution in [3.8, 4) is 0 Å². The lowest BCUT2D eigenvalue weighted by atomic mass is 9.95. The van der Waals surface area contributed by atoms with E-state index in [1.54, 1.807) is 0 Å². The van der Waals surface area contributed by atoms with Gasteiger partial charge in [0.25, 0.3) is 5.91 Å². The van der Waals surface area contributed by atoms with E-state index in [1.165, 1.54) is 24.2 Å². The molecule has 2 fully saturated rings. The first-order valence-corrected chi connectivity index (χ1v) is 10.9. The fourth-order valence-electron chi connectivity index (χ4n) is 4.35. The molecule has 0 unspecified atom stereocenters. The van der Waals surface area contributed by atoms with Gasteiger partial charge in [-0.2, -0.15) is 5.10 Å². The number of carbonyl (C=O) groups excluding carboxylic acids is 2. The highest BCUT2D eigenvalue weighted by molar-refractivity contribution is 7.20. The Balaban J connectivity index is 1.38. The van der Waals surface area contributed by atoms with Gasteiger partial charge in [-0.1, -0.05) is 12.8 Å². The number of carbonyl (C=O) groups is 2. The summed E-state index contributed by atoms with van der Waals surface area (Å²) in [6, 6.07) is 1.97. The fourth-order valence-corrected chi connectivity index (χ4v) is 5.44. The Bertz CT molecular complexity index is 805. The van der Waals surface area contributed by atoms with Gasteiger partial charge in [-0.3, -0.25) is 14.3 Å². The van der Waals surface area contributed by atoms with Crippen LogP contribution in [0.2, 0.25) is 0 Å². The van der Waals surface area contributed by atoms with Crippen LogP contribution in [0.1, 0.15) is 53.9 Å². The molecule has 0 N–H and O–H groups in total. The second-order valence-corrected chi connectivity index (χ2v) is 8.88.